The van der Waals surface area contributed by atoms with Crippen LogP contribution in [0.25, 0.3) is 0 Å². The lowest BCUT2D eigenvalue weighted by atomic mass is 9.85. The second-order valence-electron chi connectivity index (χ2n) is 5.11. The van der Waals surface area contributed by atoms with Crippen LogP contribution in [0.2, 0.25) is 0 Å². The standard InChI is InChI=1S/C14H17FN2O3/c15-9-4-5-12(11(7-9)14(19)20)17-13(18)8-2-1-3-10(16)6-8/h4-5,7-8,10H,1-3,6,16H2,(H,17,18)(H,19,20). The summed E-state index contributed by atoms with van der Waals surface area (Å²) in [5, 5.41) is 11.6. The molecule has 108 valence electrons. The number of carboxylic acids is 1. The quantitative estimate of drug-likeness (QED) is 0.789. The lowest BCUT2D eigenvalue weighted by molar-refractivity contribution is -0.120. The third-order valence-electron chi connectivity index (χ3n) is 3.56. The van der Waals surface area contributed by atoms with Crippen LogP contribution in [0.15, 0.2) is 18.2 Å². The molecule has 6 heteroatoms. The van der Waals surface area contributed by atoms with Gasteiger partial charge in [0, 0.05) is 12.0 Å². The van der Waals surface area contributed by atoms with Gasteiger partial charge in [-0.3, -0.25) is 4.79 Å². The van der Waals surface area contributed by atoms with E-state index < -0.39 is 11.8 Å². The SMILES string of the molecule is NC1CCCC(C(=O)Nc2ccc(F)cc2C(=O)O)C1. The number of hydrogen-bond acceptors (Lipinski definition) is 3. The van der Waals surface area contributed by atoms with Crippen molar-refractivity contribution < 1.29 is 19.1 Å². The summed E-state index contributed by atoms with van der Waals surface area (Å²) in [6.07, 6.45) is 3.12. The number of amides is 1. The lowest BCUT2D eigenvalue weighted by Gasteiger charge is -2.25. The maximum absolute atomic E-state index is 13.1. The van der Waals surface area contributed by atoms with Crippen molar-refractivity contribution in [1.29, 1.82) is 0 Å². The highest BCUT2D eigenvalue weighted by molar-refractivity contribution is 6.01. The van der Waals surface area contributed by atoms with Crippen LogP contribution in [0.5, 0.6) is 0 Å². The fourth-order valence-corrected chi connectivity index (χ4v) is 2.50. The Kier molecular flexibility index (Phi) is 4.34. The molecule has 4 N–H and O–H groups in total. The van der Waals surface area contributed by atoms with Gasteiger partial charge in [0.15, 0.2) is 0 Å². The summed E-state index contributed by atoms with van der Waals surface area (Å²) in [4.78, 5) is 23.2. The maximum Gasteiger partial charge on any atom is 0.337 e. The molecule has 2 unspecified atom stereocenters. The smallest absolute Gasteiger partial charge is 0.337 e. The zero-order valence-corrected chi connectivity index (χ0v) is 10.9. The number of nitrogens with two attached hydrogens (primary N) is 1. The number of benzene rings is 1. The molecule has 0 heterocycles. The van der Waals surface area contributed by atoms with Gasteiger partial charge in [0.05, 0.1) is 11.3 Å². The Labute approximate surface area is 116 Å². The minimum absolute atomic E-state index is 0.00617. The van der Waals surface area contributed by atoms with Crippen LogP contribution in [0, 0.1) is 11.7 Å². The zero-order chi connectivity index (χ0) is 14.7. The van der Waals surface area contributed by atoms with Crippen molar-refractivity contribution in [2.75, 3.05) is 5.32 Å². The molecular weight excluding hydrogens is 263 g/mol. The average Bonchev–Trinajstić information content (AvgIpc) is 2.40. The van der Waals surface area contributed by atoms with Crippen molar-refractivity contribution in [3.8, 4) is 0 Å². The van der Waals surface area contributed by atoms with Crippen molar-refractivity contribution in [1.82, 2.24) is 0 Å². The molecule has 1 aromatic carbocycles. The van der Waals surface area contributed by atoms with E-state index in [1.165, 1.54) is 6.07 Å². The minimum Gasteiger partial charge on any atom is -0.478 e. The summed E-state index contributed by atoms with van der Waals surface area (Å²) >= 11 is 0. The van der Waals surface area contributed by atoms with Gasteiger partial charge in [-0.25, -0.2) is 9.18 Å². The summed E-state index contributed by atoms with van der Waals surface area (Å²) in [5.74, 6) is -2.40. The molecule has 1 aromatic rings. The molecule has 1 aliphatic carbocycles. The number of halogens is 1. The molecule has 0 aromatic heterocycles. The number of aromatic carboxylic acids is 1. The van der Waals surface area contributed by atoms with Crippen LogP contribution < -0.4 is 11.1 Å². The van der Waals surface area contributed by atoms with E-state index in [2.05, 4.69) is 5.32 Å². The summed E-state index contributed by atoms with van der Waals surface area (Å²) in [6, 6.07) is 3.28. The van der Waals surface area contributed by atoms with Crippen molar-refractivity contribution in [2.24, 2.45) is 11.7 Å². The largest absolute Gasteiger partial charge is 0.478 e. The molecule has 0 spiro atoms. The Hall–Kier alpha value is -1.95. The van der Waals surface area contributed by atoms with Gasteiger partial charge in [-0.05, 0) is 37.5 Å². The molecule has 0 bridgehead atoms. The van der Waals surface area contributed by atoms with E-state index in [-0.39, 0.29) is 29.1 Å². The molecule has 20 heavy (non-hydrogen) atoms. The number of carboxylic acid groups (broad SMARTS) is 1. The van der Waals surface area contributed by atoms with E-state index in [9.17, 15) is 14.0 Å². The summed E-state index contributed by atoms with van der Waals surface area (Å²) in [5.41, 5.74) is 5.69. The van der Waals surface area contributed by atoms with Gasteiger partial charge in [-0.2, -0.15) is 0 Å². The molecule has 2 atom stereocenters. The Morgan fingerprint density at radius 3 is 2.75 bits per heavy atom. The van der Waals surface area contributed by atoms with Crippen LogP contribution in [0.4, 0.5) is 10.1 Å². The highest BCUT2D eigenvalue weighted by Crippen LogP contribution is 2.25. The molecular formula is C14H17FN2O3. The highest BCUT2D eigenvalue weighted by Gasteiger charge is 2.26. The van der Waals surface area contributed by atoms with Crippen molar-refractivity contribution in [2.45, 2.75) is 31.7 Å². The number of anilines is 1. The van der Waals surface area contributed by atoms with Gasteiger partial charge in [0.2, 0.25) is 5.91 Å². The predicted octanol–water partition coefficient (Wildman–Crippen LogP) is 1.98. The minimum atomic E-state index is -1.28. The van der Waals surface area contributed by atoms with E-state index in [4.69, 9.17) is 10.8 Å². The molecule has 1 aliphatic rings. The first-order valence-electron chi connectivity index (χ1n) is 6.56. The Morgan fingerprint density at radius 2 is 2.10 bits per heavy atom. The van der Waals surface area contributed by atoms with Crippen molar-refractivity contribution >= 4 is 17.6 Å². The molecule has 1 fully saturated rings. The van der Waals surface area contributed by atoms with Crippen LogP contribution in [0.1, 0.15) is 36.0 Å². The number of carbonyl (C=O) groups excluding carboxylic acids is 1. The Morgan fingerprint density at radius 1 is 1.35 bits per heavy atom. The average molecular weight is 280 g/mol. The highest BCUT2D eigenvalue weighted by atomic mass is 19.1. The monoisotopic (exact) mass is 280 g/mol. The van der Waals surface area contributed by atoms with Crippen LogP contribution in [-0.4, -0.2) is 23.0 Å². The third-order valence-corrected chi connectivity index (χ3v) is 3.56. The van der Waals surface area contributed by atoms with Gasteiger partial charge in [0.1, 0.15) is 5.82 Å². The van der Waals surface area contributed by atoms with Gasteiger partial charge >= 0.3 is 5.97 Å². The van der Waals surface area contributed by atoms with Gasteiger partial charge in [0.25, 0.3) is 0 Å². The Bertz CT molecular complexity index is 533. The molecule has 1 saturated carbocycles. The Balaban J connectivity index is 2.13. The van der Waals surface area contributed by atoms with Crippen molar-refractivity contribution in [3.63, 3.8) is 0 Å². The summed E-state index contributed by atoms with van der Waals surface area (Å²) in [6.45, 7) is 0. The van der Waals surface area contributed by atoms with Crippen LogP contribution in [0.3, 0.4) is 0 Å². The summed E-state index contributed by atoms with van der Waals surface area (Å²) in [7, 11) is 0. The van der Waals surface area contributed by atoms with Gasteiger partial charge in [-0.15, -0.1) is 0 Å². The third kappa shape index (κ3) is 3.33. The van der Waals surface area contributed by atoms with E-state index in [1.54, 1.807) is 0 Å². The topological polar surface area (TPSA) is 92.4 Å². The van der Waals surface area contributed by atoms with E-state index in [0.29, 0.717) is 6.42 Å². The molecule has 5 nitrogen and oxygen atoms in total. The fourth-order valence-electron chi connectivity index (χ4n) is 2.50. The number of nitrogens with one attached hydrogen (secondary N) is 1. The molecule has 2 rings (SSSR count). The van der Waals surface area contributed by atoms with E-state index >= 15 is 0 Å². The molecule has 1 amide bonds. The van der Waals surface area contributed by atoms with Gasteiger partial charge in [-0.1, -0.05) is 6.42 Å². The maximum atomic E-state index is 13.1. The lowest BCUT2D eigenvalue weighted by Crippen LogP contribution is -2.34. The first-order chi connectivity index (χ1) is 9.47. The normalized spacial score (nSPS) is 22.3. The molecule has 0 aliphatic heterocycles. The van der Waals surface area contributed by atoms with Crippen molar-refractivity contribution in [3.05, 3.63) is 29.6 Å². The van der Waals surface area contributed by atoms with Crippen LogP contribution >= 0.6 is 0 Å². The fraction of sp³-hybridized carbons (Fsp3) is 0.429. The predicted molar refractivity (Wildman–Crippen MR) is 71.9 cm³/mol. The first-order valence-corrected chi connectivity index (χ1v) is 6.56. The van der Waals surface area contributed by atoms with Gasteiger partial charge < -0.3 is 16.2 Å². The number of rotatable bonds is 3. The number of carbonyl (C=O) groups is 2. The first kappa shape index (κ1) is 14.5. The molecule has 0 radical (unpaired) electrons. The van der Waals surface area contributed by atoms with E-state index in [0.717, 1.165) is 31.4 Å². The zero-order valence-electron chi connectivity index (χ0n) is 10.9. The molecule has 0 saturated heterocycles. The summed E-state index contributed by atoms with van der Waals surface area (Å²) < 4.78 is 13.1. The second-order valence-corrected chi connectivity index (χ2v) is 5.11. The number of hydrogen-bond donors (Lipinski definition) is 3. The second kappa shape index (κ2) is 6.00. The van der Waals surface area contributed by atoms with Crippen LogP contribution in [-0.2, 0) is 4.79 Å². The van der Waals surface area contributed by atoms with E-state index in [1.807, 2.05) is 0 Å².